The second-order valence-corrected chi connectivity index (χ2v) is 5.66. The number of esters is 2. The summed E-state index contributed by atoms with van der Waals surface area (Å²) in [6, 6.07) is 14.4. The Balaban J connectivity index is 2.16. The Morgan fingerprint density at radius 3 is 2.65 bits per heavy atom. The van der Waals surface area contributed by atoms with Crippen LogP contribution in [0.4, 0.5) is 0 Å². The van der Waals surface area contributed by atoms with Crippen LogP contribution in [0.25, 0.3) is 0 Å². The molecule has 5 heteroatoms. The van der Waals surface area contributed by atoms with Gasteiger partial charge in [0.25, 0.3) is 0 Å². The van der Waals surface area contributed by atoms with Crippen molar-refractivity contribution in [3.63, 3.8) is 0 Å². The molecule has 0 spiro atoms. The largest absolute Gasteiger partial charge is 0.465 e. The first-order valence-corrected chi connectivity index (χ1v) is 7.72. The highest BCUT2D eigenvalue weighted by molar-refractivity contribution is 6.30. The first kappa shape index (κ1) is 15.6. The summed E-state index contributed by atoms with van der Waals surface area (Å²) in [5.41, 5.74) is 1.55. The minimum atomic E-state index is -1.04. The first-order chi connectivity index (χ1) is 11.1. The molecule has 0 N–H and O–H groups in total. The first-order valence-electron chi connectivity index (χ1n) is 7.34. The van der Waals surface area contributed by atoms with E-state index in [1.165, 1.54) is 0 Å². The molecule has 1 heterocycles. The summed E-state index contributed by atoms with van der Waals surface area (Å²) >= 11 is 6.10. The quantitative estimate of drug-likeness (QED) is 0.490. The number of hydrogen-bond donors (Lipinski definition) is 0. The lowest BCUT2D eigenvalue weighted by Gasteiger charge is -2.31. The fraction of sp³-hybridized carbons (Fsp3) is 0.222. The van der Waals surface area contributed by atoms with Crippen LogP contribution in [0.3, 0.4) is 0 Å². The van der Waals surface area contributed by atoms with Crippen LogP contribution in [-0.2, 0) is 14.3 Å². The Hall–Kier alpha value is -2.33. The Bertz CT molecular complexity index is 742. The second-order valence-electron chi connectivity index (χ2n) is 5.22. The average molecular weight is 331 g/mol. The van der Waals surface area contributed by atoms with Gasteiger partial charge in [-0.05, 0) is 30.7 Å². The van der Waals surface area contributed by atoms with Crippen molar-refractivity contribution >= 4 is 23.5 Å². The second kappa shape index (κ2) is 6.42. The number of fused-ring (bicyclic) bond motifs is 1. The van der Waals surface area contributed by atoms with Gasteiger partial charge in [-0.3, -0.25) is 9.59 Å². The molecule has 118 valence electrons. The summed E-state index contributed by atoms with van der Waals surface area (Å²) in [7, 11) is 0. The highest BCUT2D eigenvalue weighted by Gasteiger charge is 2.44. The topological polar surface area (TPSA) is 52.6 Å². The molecular formula is C18H15ClO4. The predicted molar refractivity (Wildman–Crippen MR) is 85.5 cm³/mol. The summed E-state index contributed by atoms with van der Waals surface area (Å²) in [5.74, 6) is -2.29. The van der Waals surface area contributed by atoms with E-state index in [0.717, 1.165) is 5.56 Å². The SMILES string of the molecule is CCOC(=O)C1C(=O)Oc2ccc(Cl)cc2C1c1ccccc1. The zero-order chi connectivity index (χ0) is 16.4. The Kier molecular flexibility index (Phi) is 4.35. The number of hydrogen-bond acceptors (Lipinski definition) is 4. The normalized spacial score (nSPS) is 19.7. The third kappa shape index (κ3) is 2.94. The van der Waals surface area contributed by atoms with Crippen LogP contribution in [0.2, 0.25) is 5.02 Å². The van der Waals surface area contributed by atoms with Gasteiger partial charge in [0, 0.05) is 16.5 Å². The van der Waals surface area contributed by atoms with Gasteiger partial charge in [-0.25, -0.2) is 0 Å². The lowest BCUT2D eigenvalue weighted by molar-refractivity contribution is -0.158. The van der Waals surface area contributed by atoms with Crippen molar-refractivity contribution in [2.24, 2.45) is 5.92 Å². The van der Waals surface area contributed by atoms with Crippen LogP contribution in [0.1, 0.15) is 24.0 Å². The maximum atomic E-state index is 12.4. The lowest BCUT2D eigenvalue weighted by Crippen LogP contribution is -2.38. The fourth-order valence-corrected chi connectivity index (χ4v) is 3.02. The third-order valence-corrected chi connectivity index (χ3v) is 4.04. The fourth-order valence-electron chi connectivity index (χ4n) is 2.84. The van der Waals surface area contributed by atoms with Crippen molar-refractivity contribution in [1.29, 1.82) is 0 Å². The maximum absolute atomic E-state index is 12.4. The molecule has 0 saturated carbocycles. The molecule has 2 unspecified atom stereocenters. The highest BCUT2D eigenvalue weighted by atomic mass is 35.5. The van der Waals surface area contributed by atoms with E-state index < -0.39 is 23.8 Å². The Morgan fingerprint density at radius 1 is 1.22 bits per heavy atom. The van der Waals surface area contributed by atoms with Gasteiger partial charge in [0.05, 0.1) is 6.61 Å². The molecule has 0 fully saturated rings. The average Bonchev–Trinajstić information content (AvgIpc) is 2.55. The molecule has 2 aromatic carbocycles. The van der Waals surface area contributed by atoms with E-state index in [1.54, 1.807) is 25.1 Å². The van der Waals surface area contributed by atoms with E-state index in [2.05, 4.69) is 0 Å². The molecule has 0 saturated heterocycles. The molecule has 1 aliphatic heterocycles. The monoisotopic (exact) mass is 330 g/mol. The molecule has 3 rings (SSSR count). The summed E-state index contributed by atoms with van der Waals surface area (Å²) in [4.78, 5) is 24.7. The maximum Gasteiger partial charge on any atom is 0.326 e. The third-order valence-electron chi connectivity index (χ3n) is 3.80. The summed E-state index contributed by atoms with van der Waals surface area (Å²) in [6.45, 7) is 1.90. The van der Waals surface area contributed by atoms with Gasteiger partial charge in [0.2, 0.25) is 0 Å². The molecular weight excluding hydrogens is 316 g/mol. The zero-order valence-corrected chi connectivity index (χ0v) is 13.2. The number of benzene rings is 2. The zero-order valence-electron chi connectivity index (χ0n) is 12.5. The number of carbonyl (C=O) groups is 2. The summed E-state index contributed by atoms with van der Waals surface area (Å²) < 4.78 is 10.4. The molecule has 4 nitrogen and oxygen atoms in total. The number of halogens is 1. The van der Waals surface area contributed by atoms with E-state index in [9.17, 15) is 9.59 Å². The smallest absolute Gasteiger partial charge is 0.326 e. The molecule has 1 aliphatic rings. The Labute approximate surface area is 139 Å². The van der Waals surface area contributed by atoms with Crippen molar-refractivity contribution in [1.82, 2.24) is 0 Å². The molecule has 0 amide bonds. The van der Waals surface area contributed by atoms with Gasteiger partial charge in [-0.1, -0.05) is 41.9 Å². The van der Waals surface area contributed by atoms with Gasteiger partial charge in [-0.15, -0.1) is 0 Å². The van der Waals surface area contributed by atoms with Crippen molar-refractivity contribution in [2.45, 2.75) is 12.8 Å². The van der Waals surface area contributed by atoms with Gasteiger partial charge < -0.3 is 9.47 Å². The van der Waals surface area contributed by atoms with Crippen LogP contribution < -0.4 is 4.74 Å². The van der Waals surface area contributed by atoms with Crippen LogP contribution in [0.15, 0.2) is 48.5 Å². The highest BCUT2D eigenvalue weighted by Crippen LogP contribution is 2.43. The minimum absolute atomic E-state index is 0.201. The van der Waals surface area contributed by atoms with Gasteiger partial charge >= 0.3 is 11.9 Å². The molecule has 0 aromatic heterocycles. The van der Waals surface area contributed by atoms with Crippen LogP contribution >= 0.6 is 11.6 Å². The molecule has 2 atom stereocenters. The van der Waals surface area contributed by atoms with Gasteiger partial charge in [0.15, 0.2) is 5.92 Å². The van der Waals surface area contributed by atoms with Crippen molar-refractivity contribution in [3.8, 4) is 5.75 Å². The number of carbonyl (C=O) groups excluding carboxylic acids is 2. The van der Waals surface area contributed by atoms with Crippen LogP contribution in [-0.4, -0.2) is 18.5 Å². The summed E-state index contributed by atoms with van der Waals surface area (Å²) in [6.07, 6.45) is 0. The minimum Gasteiger partial charge on any atom is -0.465 e. The Morgan fingerprint density at radius 2 is 1.96 bits per heavy atom. The van der Waals surface area contributed by atoms with Crippen molar-refractivity contribution < 1.29 is 19.1 Å². The van der Waals surface area contributed by atoms with Crippen LogP contribution in [0.5, 0.6) is 5.75 Å². The molecule has 0 aliphatic carbocycles. The van der Waals surface area contributed by atoms with Gasteiger partial charge in [0.1, 0.15) is 5.75 Å². The molecule has 0 radical (unpaired) electrons. The molecule has 2 aromatic rings. The van der Waals surface area contributed by atoms with E-state index >= 15 is 0 Å². The molecule has 0 bridgehead atoms. The van der Waals surface area contributed by atoms with Gasteiger partial charge in [-0.2, -0.15) is 0 Å². The summed E-state index contributed by atoms with van der Waals surface area (Å²) in [5, 5.41) is 0.519. The predicted octanol–water partition coefficient (Wildman–Crippen LogP) is 3.57. The number of rotatable bonds is 3. The van der Waals surface area contributed by atoms with Crippen molar-refractivity contribution in [3.05, 3.63) is 64.7 Å². The van der Waals surface area contributed by atoms with E-state index in [1.807, 2.05) is 30.3 Å². The van der Waals surface area contributed by atoms with E-state index in [4.69, 9.17) is 21.1 Å². The van der Waals surface area contributed by atoms with Crippen LogP contribution in [0, 0.1) is 5.92 Å². The lowest BCUT2D eigenvalue weighted by atomic mass is 9.78. The van der Waals surface area contributed by atoms with Crippen molar-refractivity contribution in [2.75, 3.05) is 6.61 Å². The number of ether oxygens (including phenoxy) is 2. The van der Waals surface area contributed by atoms with E-state index in [0.29, 0.717) is 16.3 Å². The molecule has 23 heavy (non-hydrogen) atoms. The van der Waals surface area contributed by atoms with E-state index in [-0.39, 0.29) is 6.61 Å². The standard InChI is InChI=1S/C18H15ClO4/c1-2-22-17(20)16-15(11-6-4-3-5-7-11)13-10-12(19)8-9-14(13)23-18(16)21/h3-10,15-16H,2H2,1H3.